The molecule has 0 unspecified atom stereocenters. The van der Waals surface area contributed by atoms with Gasteiger partial charge in [-0.2, -0.15) is 5.26 Å². The molecule has 5 heteroatoms. The summed E-state index contributed by atoms with van der Waals surface area (Å²) in [5, 5.41) is 9.50. The molecule has 1 rings (SSSR count). The predicted octanol–water partition coefficient (Wildman–Crippen LogP) is 2.24. The van der Waals surface area contributed by atoms with Crippen molar-refractivity contribution < 1.29 is 8.42 Å². The van der Waals surface area contributed by atoms with Gasteiger partial charge in [0.25, 0.3) is 0 Å². The summed E-state index contributed by atoms with van der Waals surface area (Å²) in [5.41, 5.74) is 0.396. The number of rotatable bonds is 2. The Hall–Kier alpha value is -1.12. The Labute approximate surface area is 90.7 Å². The molecular weight excluding hydrogens is 266 g/mol. The molecule has 0 aromatic heterocycles. The highest BCUT2D eigenvalue weighted by Crippen LogP contribution is 2.21. The molecule has 14 heavy (non-hydrogen) atoms. The standard InChI is InChI=1S/C9H6BrNO2S/c1-2-14(12,13)8-4-3-7(6-11)9(10)5-8/h2-5H,1H2. The Bertz CT molecular complexity index is 514. The maximum absolute atomic E-state index is 11.3. The van der Waals surface area contributed by atoms with Crippen LogP contribution < -0.4 is 0 Å². The molecule has 1 aromatic carbocycles. The molecule has 0 N–H and O–H groups in total. The number of nitrogens with zero attached hydrogens (tertiary/aromatic N) is 1. The van der Waals surface area contributed by atoms with Crippen molar-refractivity contribution >= 4 is 25.8 Å². The highest BCUT2D eigenvalue weighted by atomic mass is 79.9. The largest absolute Gasteiger partial charge is 0.219 e. The van der Waals surface area contributed by atoms with Gasteiger partial charge in [-0.3, -0.25) is 0 Å². The molecule has 0 saturated heterocycles. The number of hydrogen-bond donors (Lipinski definition) is 0. The molecule has 0 atom stereocenters. The smallest absolute Gasteiger partial charge is 0.199 e. The Kier molecular flexibility index (Phi) is 3.09. The molecule has 0 aliphatic rings. The molecule has 3 nitrogen and oxygen atoms in total. The number of benzene rings is 1. The van der Waals surface area contributed by atoms with Crippen LogP contribution in [0.1, 0.15) is 5.56 Å². The van der Waals surface area contributed by atoms with Crippen LogP contribution in [-0.2, 0) is 9.84 Å². The average Bonchev–Trinajstić information content (AvgIpc) is 2.17. The molecule has 1 aromatic rings. The summed E-state index contributed by atoms with van der Waals surface area (Å²) in [7, 11) is -3.42. The van der Waals surface area contributed by atoms with Gasteiger partial charge in [-0.1, -0.05) is 6.58 Å². The van der Waals surface area contributed by atoms with Gasteiger partial charge in [-0.05, 0) is 34.1 Å². The van der Waals surface area contributed by atoms with Crippen LogP contribution in [0, 0.1) is 11.3 Å². The molecule has 0 aliphatic carbocycles. The van der Waals surface area contributed by atoms with E-state index < -0.39 is 9.84 Å². The van der Waals surface area contributed by atoms with Crippen molar-refractivity contribution in [3.8, 4) is 6.07 Å². The first-order valence-electron chi connectivity index (χ1n) is 3.58. The van der Waals surface area contributed by atoms with Gasteiger partial charge >= 0.3 is 0 Å². The second-order valence-corrected chi connectivity index (χ2v) is 5.21. The van der Waals surface area contributed by atoms with Crippen molar-refractivity contribution in [2.45, 2.75) is 4.90 Å². The van der Waals surface area contributed by atoms with E-state index in [0.29, 0.717) is 10.0 Å². The Morgan fingerprint density at radius 2 is 2.14 bits per heavy atom. The maximum Gasteiger partial charge on any atom is 0.199 e. The highest BCUT2D eigenvalue weighted by Gasteiger charge is 2.11. The van der Waals surface area contributed by atoms with Crippen molar-refractivity contribution in [1.29, 1.82) is 5.26 Å². The highest BCUT2D eigenvalue weighted by molar-refractivity contribution is 9.10. The van der Waals surface area contributed by atoms with E-state index >= 15 is 0 Å². The third-order valence-corrected chi connectivity index (χ3v) is 3.61. The van der Waals surface area contributed by atoms with Crippen LogP contribution in [0.25, 0.3) is 0 Å². The quantitative estimate of drug-likeness (QED) is 0.829. The van der Waals surface area contributed by atoms with Gasteiger partial charge < -0.3 is 0 Å². The molecule has 0 saturated carbocycles. The summed E-state index contributed by atoms with van der Waals surface area (Å²) in [4.78, 5) is 0.123. The fourth-order valence-corrected chi connectivity index (χ4v) is 2.21. The second kappa shape index (κ2) is 3.95. The SMILES string of the molecule is C=CS(=O)(=O)c1ccc(C#N)c(Br)c1. The van der Waals surface area contributed by atoms with Gasteiger partial charge in [0.15, 0.2) is 9.84 Å². The number of hydrogen-bond acceptors (Lipinski definition) is 3. The van der Waals surface area contributed by atoms with Crippen LogP contribution in [0.5, 0.6) is 0 Å². The van der Waals surface area contributed by atoms with Gasteiger partial charge in [0, 0.05) is 9.88 Å². The van der Waals surface area contributed by atoms with Crippen molar-refractivity contribution in [3.05, 3.63) is 40.2 Å². The number of nitriles is 1. The van der Waals surface area contributed by atoms with Gasteiger partial charge in [0.1, 0.15) is 6.07 Å². The molecule has 0 bridgehead atoms. The molecule has 0 fully saturated rings. The minimum Gasteiger partial charge on any atom is -0.219 e. The molecule has 0 spiro atoms. The van der Waals surface area contributed by atoms with Crippen LogP contribution in [0.15, 0.2) is 39.6 Å². The third kappa shape index (κ3) is 2.03. The lowest BCUT2D eigenvalue weighted by atomic mass is 10.2. The number of halogens is 1. The van der Waals surface area contributed by atoms with Crippen LogP contribution in [-0.4, -0.2) is 8.42 Å². The molecule has 0 aliphatic heterocycles. The van der Waals surface area contributed by atoms with E-state index in [1.807, 2.05) is 6.07 Å². The van der Waals surface area contributed by atoms with E-state index in [0.717, 1.165) is 5.41 Å². The summed E-state index contributed by atoms with van der Waals surface area (Å²) in [6.07, 6.45) is 0. The monoisotopic (exact) mass is 271 g/mol. The van der Waals surface area contributed by atoms with Gasteiger partial charge in [0.05, 0.1) is 10.5 Å². The Balaban J connectivity index is 3.38. The van der Waals surface area contributed by atoms with Crippen LogP contribution in [0.2, 0.25) is 0 Å². The van der Waals surface area contributed by atoms with Crippen molar-refractivity contribution in [3.63, 3.8) is 0 Å². The van der Waals surface area contributed by atoms with Crippen LogP contribution >= 0.6 is 15.9 Å². The zero-order valence-corrected chi connectivity index (χ0v) is 9.47. The van der Waals surface area contributed by atoms with Crippen molar-refractivity contribution in [2.75, 3.05) is 0 Å². The zero-order chi connectivity index (χ0) is 10.8. The van der Waals surface area contributed by atoms with Gasteiger partial charge in [0.2, 0.25) is 0 Å². The normalized spacial score (nSPS) is 10.6. The molecule has 72 valence electrons. The van der Waals surface area contributed by atoms with E-state index in [4.69, 9.17) is 5.26 Å². The van der Waals surface area contributed by atoms with E-state index in [1.54, 1.807) is 0 Å². The fraction of sp³-hybridized carbons (Fsp3) is 0. The topological polar surface area (TPSA) is 57.9 Å². The van der Waals surface area contributed by atoms with E-state index in [1.165, 1.54) is 18.2 Å². The first-order valence-corrected chi connectivity index (χ1v) is 5.92. The third-order valence-electron chi connectivity index (χ3n) is 1.61. The van der Waals surface area contributed by atoms with Crippen molar-refractivity contribution in [1.82, 2.24) is 0 Å². The van der Waals surface area contributed by atoms with Crippen LogP contribution in [0.3, 0.4) is 0 Å². The zero-order valence-electron chi connectivity index (χ0n) is 7.07. The van der Waals surface area contributed by atoms with Crippen molar-refractivity contribution in [2.24, 2.45) is 0 Å². The summed E-state index contributed by atoms with van der Waals surface area (Å²) >= 11 is 3.11. The average molecular weight is 272 g/mol. The second-order valence-electron chi connectivity index (χ2n) is 2.47. The lowest BCUT2D eigenvalue weighted by Gasteiger charge is -2.00. The summed E-state index contributed by atoms with van der Waals surface area (Å²) in [5.74, 6) is 0. The Morgan fingerprint density at radius 3 is 2.57 bits per heavy atom. The van der Waals surface area contributed by atoms with E-state index in [9.17, 15) is 8.42 Å². The van der Waals surface area contributed by atoms with E-state index in [-0.39, 0.29) is 4.90 Å². The first kappa shape index (κ1) is 11.0. The summed E-state index contributed by atoms with van der Waals surface area (Å²) < 4.78 is 23.1. The fourth-order valence-electron chi connectivity index (χ4n) is 0.860. The summed E-state index contributed by atoms with van der Waals surface area (Å²) in [6, 6.07) is 6.13. The minimum absolute atomic E-state index is 0.123. The van der Waals surface area contributed by atoms with Gasteiger partial charge in [-0.25, -0.2) is 8.42 Å². The molecule has 0 radical (unpaired) electrons. The first-order chi connectivity index (χ1) is 6.51. The predicted molar refractivity (Wildman–Crippen MR) is 56.2 cm³/mol. The maximum atomic E-state index is 11.3. The molecular formula is C9H6BrNO2S. The molecule has 0 amide bonds. The lowest BCUT2D eigenvalue weighted by molar-refractivity contribution is 0.604. The summed E-state index contributed by atoms with van der Waals surface area (Å²) in [6.45, 7) is 3.21. The minimum atomic E-state index is -3.42. The lowest BCUT2D eigenvalue weighted by Crippen LogP contribution is -1.95. The number of sulfone groups is 1. The van der Waals surface area contributed by atoms with Gasteiger partial charge in [-0.15, -0.1) is 0 Å². The Morgan fingerprint density at radius 1 is 1.50 bits per heavy atom. The van der Waals surface area contributed by atoms with Crippen LogP contribution in [0.4, 0.5) is 0 Å². The van der Waals surface area contributed by atoms with E-state index in [2.05, 4.69) is 22.5 Å². The molecule has 0 heterocycles.